The molecule has 0 saturated heterocycles. The van der Waals surface area contributed by atoms with Crippen LogP contribution < -0.4 is 5.32 Å². The smallest absolute Gasteiger partial charge is 0.241 e. The second-order valence-corrected chi connectivity index (χ2v) is 5.80. The first kappa shape index (κ1) is 14.7. The molecule has 0 aliphatic heterocycles. The van der Waals surface area contributed by atoms with Crippen LogP contribution in [0, 0.1) is 0 Å². The quantitative estimate of drug-likeness (QED) is 0.589. The molecule has 0 bridgehead atoms. The molecule has 1 N–H and O–H groups in total. The molecule has 0 radical (unpaired) electrons. The molecule has 0 spiro atoms. The fraction of sp³-hybridized carbons (Fsp3) is 0.222. The molecule has 1 atom stereocenters. The van der Waals surface area contributed by atoms with E-state index in [0.717, 1.165) is 6.54 Å². The van der Waals surface area contributed by atoms with E-state index in [-0.39, 0.29) is 6.04 Å². The Morgan fingerprint density at radius 2 is 2.08 bits per heavy atom. The van der Waals surface area contributed by atoms with E-state index < -0.39 is 0 Å². The zero-order valence-corrected chi connectivity index (χ0v) is 13.3. The van der Waals surface area contributed by atoms with Crippen LogP contribution in [0.4, 0.5) is 0 Å². The molecule has 0 saturated carbocycles. The number of aromatic nitrogens is 3. The van der Waals surface area contributed by atoms with Gasteiger partial charge in [0.2, 0.25) is 11.7 Å². The van der Waals surface area contributed by atoms with Crippen LogP contribution in [0.3, 0.4) is 0 Å². The van der Waals surface area contributed by atoms with Crippen LogP contribution in [0.5, 0.6) is 0 Å². The van der Waals surface area contributed by atoms with Crippen molar-refractivity contribution in [3.8, 4) is 11.6 Å². The Kier molecular flexibility index (Phi) is 3.88. The van der Waals surface area contributed by atoms with Crippen molar-refractivity contribution in [1.29, 1.82) is 0 Å². The van der Waals surface area contributed by atoms with E-state index in [1.807, 2.05) is 6.07 Å². The number of para-hydroxylation sites is 1. The summed E-state index contributed by atoms with van der Waals surface area (Å²) in [5.74, 6) is 1.63. The van der Waals surface area contributed by atoms with Gasteiger partial charge in [0, 0.05) is 24.3 Å². The van der Waals surface area contributed by atoms with Gasteiger partial charge in [0.25, 0.3) is 0 Å². The summed E-state index contributed by atoms with van der Waals surface area (Å²) >= 11 is 0. The van der Waals surface area contributed by atoms with E-state index in [4.69, 9.17) is 8.94 Å². The highest BCUT2D eigenvalue weighted by molar-refractivity contribution is 5.79. The van der Waals surface area contributed by atoms with E-state index in [2.05, 4.69) is 63.5 Å². The second kappa shape index (κ2) is 6.33. The molecule has 6 heteroatoms. The molecule has 24 heavy (non-hydrogen) atoms. The molecule has 4 aromatic rings. The maximum Gasteiger partial charge on any atom is 0.241 e. The fourth-order valence-electron chi connectivity index (χ4n) is 2.75. The summed E-state index contributed by atoms with van der Waals surface area (Å²) in [6, 6.07) is 14.4. The van der Waals surface area contributed by atoms with Gasteiger partial charge in [0.05, 0.1) is 12.8 Å². The minimum Gasteiger partial charge on any atom is -0.461 e. The lowest BCUT2D eigenvalue weighted by Gasteiger charge is -2.14. The highest BCUT2D eigenvalue weighted by atomic mass is 16.5. The summed E-state index contributed by atoms with van der Waals surface area (Å²) in [4.78, 5) is 4.33. The van der Waals surface area contributed by atoms with E-state index in [0.29, 0.717) is 24.0 Å². The maximum atomic E-state index is 5.26. The number of rotatable bonds is 6. The number of hydrogen-bond acceptors (Lipinski definition) is 5. The average Bonchev–Trinajstić information content (AvgIpc) is 3.34. The van der Waals surface area contributed by atoms with Gasteiger partial charge < -0.3 is 18.8 Å². The molecule has 1 aromatic carbocycles. The predicted octanol–water partition coefficient (Wildman–Crippen LogP) is 3.46. The monoisotopic (exact) mass is 322 g/mol. The molecule has 4 rings (SSSR count). The van der Waals surface area contributed by atoms with Crippen molar-refractivity contribution in [1.82, 2.24) is 20.0 Å². The van der Waals surface area contributed by atoms with Crippen molar-refractivity contribution >= 4 is 10.9 Å². The average molecular weight is 322 g/mol. The van der Waals surface area contributed by atoms with Crippen LogP contribution in [-0.4, -0.2) is 20.7 Å². The molecule has 0 aliphatic rings. The molecule has 6 nitrogen and oxygen atoms in total. The minimum absolute atomic E-state index is 0.264. The Labute approximate surface area is 139 Å². The molecular weight excluding hydrogens is 304 g/mol. The Balaban J connectivity index is 1.37. The zero-order chi connectivity index (χ0) is 16.4. The molecule has 3 aromatic heterocycles. The Hall–Kier alpha value is -2.86. The van der Waals surface area contributed by atoms with Gasteiger partial charge in [-0.1, -0.05) is 23.4 Å². The van der Waals surface area contributed by atoms with Crippen molar-refractivity contribution < 1.29 is 8.94 Å². The molecule has 0 amide bonds. The van der Waals surface area contributed by atoms with E-state index in [1.54, 1.807) is 12.3 Å². The third-order valence-electron chi connectivity index (χ3n) is 3.96. The van der Waals surface area contributed by atoms with Crippen molar-refractivity contribution in [2.75, 3.05) is 0 Å². The maximum absolute atomic E-state index is 5.26. The Bertz CT molecular complexity index is 923. The van der Waals surface area contributed by atoms with Gasteiger partial charge in [-0.25, -0.2) is 0 Å². The molecule has 122 valence electrons. The van der Waals surface area contributed by atoms with E-state index in [9.17, 15) is 0 Å². The Morgan fingerprint density at radius 3 is 2.96 bits per heavy atom. The first-order chi connectivity index (χ1) is 11.8. The van der Waals surface area contributed by atoms with Gasteiger partial charge in [0.1, 0.15) is 0 Å². The fourth-order valence-corrected chi connectivity index (χ4v) is 2.75. The van der Waals surface area contributed by atoms with Gasteiger partial charge in [-0.15, -0.1) is 0 Å². The minimum atomic E-state index is 0.264. The normalized spacial score (nSPS) is 12.7. The number of fused-ring (bicyclic) bond motifs is 1. The lowest BCUT2D eigenvalue weighted by atomic mass is 10.2. The van der Waals surface area contributed by atoms with Gasteiger partial charge in [-0.2, -0.15) is 4.98 Å². The number of hydrogen-bond donors (Lipinski definition) is 1. The van der Waals surface area contributed by atoms with Crippen molar-refractivity contribution in [3.63, 3.8) is 0 Å². The number of benzene rings is 1. The third-order valence-corrected chi connectivity index (χ3v) is 3.96. The van der Waals surface area contributed by atoms with Gasteiger partial charge >= 0.3 is 0 Å². The summed E-state index contributed by atoms with van der Waals surface area (Å²) in [7, 11) is 0. The summed E-state index contributed by atoms with van der Waals surface area (Å²) in [5.41, 5.74) is 1.24. The molecule has 3 heterocycles. The van der Waals surface area contributed by atoms with Crippen LogP contribution >= 0.6 is 0 Å². The van der Waals surface area contributed by atoms with Crippen LogP contribution in [0.2, 0.25) is 0 Å². The summed E-state index contributed by atoms with van der Waals surface area (Å²) < 4.78 is 12.8. The molecule has 0 aliphatic carbocycles. The van der Waals surface area contributed by atoms with Gasteiger partial charge in [-0.3, -0.25) is 0 Å². The van der Waals surface area contributed by atoms with Gasteiger partial charge in [-0.05, 0) is 36.6 Å². The third kappa shape index (κ3) is 2.96. The second-order valence-electron chi connectivity index (χ2n) is 5.80. The summed E-state index contributed by atoms with van der Waals surface area (Å²) in [5, 5.41) is 8.60. The zero-order valence-electron chi connectivity index (χ0n) is 13.3. The lowest BCUT2D eigenvalue weighted by Crippen LogP contribution is -2.29. The summed E-state index contributed by atoms with van der Waals surface area (Å²) in [6.45, 7) is 3.53. The number of nitrogens with zero attached hydrogens (tertiary/aromatic N) is 3. The van der Waals surface area contributed by atoms with Crippen LogP contribution in [-0.2, 0) is 13.1 Å². The van der Waals surface area contributed by atoms with E-state index >= 15 is 0 Å². The van der Waals surface area contributed by atoms with Crippen molar-refractivity contribution in [2.45, 2.75) is 26.1 Å². The number of nitrogens with one attached hydrogen (secondary N) is 1. The topological polar surface area (TPSA) is 69.0 Å². The molecular formula is C18H18N4O2. The lowest BCUT2D eigenvalue weighted by molar-refractivity contribution is 0.353. The summed E-state index contributed by atoms with van der Waals surface area (Å²) in [6.07, 6.45) is 3.71. The van der Waals surface area contributed by atoms with Crippen molar-refractivity contribution in [3.05, 3.63) is 60.8 Å². The number of furan rings is 1. The van der Waals surface area contributed by atoms with Crippen LogP contribution in [0.15, 0.2) is 63.9 Å². The SMILES string of the molecule is CC(Cn1ccc2ccccc21)NCc1nc(-c2ccco2)no1. The van der Waals surface area contributed by atoms with Crippen LogP contribution in [0.1, 0.15) is 12.8 Å². The standard InChI is InChI=1S/C18H18N4O2/c1-13(12-22-9-8-14-5-2-3-6-15(14)22)19-11-17-20-18(21-24-17)16-7-4-10-23-16/h2-10,13,19H,11-12H2,1H3. The highest BCUT2D eigenvalue weighted by Crippen LogP contribution is 2.17. The predicted molar refractivity (Wildman–Crippen MR) is 90.2 cm³/mol. The van der Waals surface area contributed by atoms with Crippen LogP contribution in [0.25, 0.3) is 22.5 Å². The highest BCUT2D eigenvalue weighted by Gasteiger charge is 2.12. The van der Waals surface area contributed by atoms with Gasteiger partial charge in [0.15, 0.2) is 5.76 Å². The van der Waals surface area contributed by atoms with E-state index in [1.165, 1.54) is 10.9 Å². The Morgan fingerprint density at radius 1 is 1.17 bits per heavy atom. The molecule has 0 fully saturated rings. The largest absolute Gasteiger partial charge is 0.461 e. The van der Waals surface area contributed by atoms with Crippen molar-refractivity contribution in [2.24, 2.45) is 0 Å². The first-order valence-corrected chi connectivity index (χ1v) is 7.93. The molecule has 1 unspecified atom stereocenters. The first-order valence-electron chi connectivity index (χ1n) is 7.93.